The van der Waals surface area contributed by atoms with Crippen molar-refractivity contribution in [3.8, 4) is 11.1 Å². The van der Waals surface area contributed by atoms with Gasteiger partial charge in [-0.3, -0.25) is 4.79 Å². The van der Waals surface area contributed by atoms with Gasteiger partial charge >= 0.3 is 0 Å². The summed E-state index contributed by atoms with van der Waals surface area (Å²) < 4.78 is 5.96. The number of carbonyl (C=O) groups excluding carboxylic acids is 1. The van der Waals surface area contributed by atoms with Gasteiger partial charge in [-0.25, -0.2) is 0 Å². The minimum atomic E-state index is -0.344. The van der Waals surface area contributed by atoms with Crippen molar-refractivity contribution in [3.63, 3.8) is 0 Å². The molecule has 0 aliphatic carbocycles. The van der Waals surface area contributed by atoms with Crippen molar-refractivity contribution in [3.05, 3.63) is 94.5 Å². The summed E-state index contributed by atoms with van der Waals surface area (Å²) in [5.74, 6) is -0.344. The van der Waals surface area contributed by atoms with Crippen molar-refractivity contribution in [2.45, 2.75) is 26.4 Å². The molecular weight excluding hydrogens is 396 g/mol. The van der Waals surface area contributed by atoms with Crippen LogP contribution in [0.25, 0.3) is 11.1 Å². The molecule has 0 atom stereocenters. The first-order chi connectivity index (χ1) is 14.7. The van der Waals surface area contributed by atoms with Crippen LogP contribution in [-0.2, 0) is 17.8 Å². The lowest BCUT2D eigenvalue weighted by Crippen LogP contribution is -2.32. The maximum atomic E-state index is 12.8. The Morgan fingerprint density at radius 3 is 2.07 bits per heavy atom. The van der Waals surface area contributed by atoms with Crippen molar-refractivity contribution in [1.29, 1.82) is 0 Å². The monoisotopic (exact) mass is 418 g/mol. The lowest BCUT2D eigenvalue weighted by atomic mass is 9.97. The van der Waals surface area contributed by atoms with Gasteiger partial charge < -0.3 is 9.64 Å². The number of fused-ring (bicyclic) bond motifs is 3. The smallest absolute Gasteiger partial charge is 0.296 e. The number of hydrogen-bond donors (Lipinski definition) is 0. The Balaban J connectivity index is 1.72. The summed E-state index contributed by atoms with van der Waals surface area (Å²) in [4.78, 5) is 19.2. The topological polar surface area (TPSA) is 41.9 Å². The quantitative estimate of drug-likeness (QED) is 0.390. The highest BCUT2D eigenvalue weighted by molar-refractivity contribution is 6.30. The van der Waals surface area contributed by atoms with Crippen LogP contribution in [0.4, 0.5) is 0 Å². The molecule has 0 saturated carbocycles. The van der Waals surface area contributed by atoms with Gasteiger partial charge in [-0.1, -0.05) is 67.1 Å². The van der Waals surface area contributed by atoms with Crippen LogP contribution in [0.3, 0.4) is 0 Å². The molecule has 4 nitrogen and oxygen atoms in total. The molecule has 3 aromatic rings. The molecule has 0 unspecified atom stereocenters. The second-order valence-corrected chi connectivity index (χ2v) is 7.66. The fourth-order valence-corrected chi connectivity index (χ4v) is 3.70. The number of ether oxygens (including phenoxy) is 1. The van der Waals surface area contributed by atoms with Gasteiger partial charge in [0.2, 0.25) is 0 Å². The van der Waals surface area contributed by atoms with Crippen LogP contribution < -0.4 is 0 Å². The molecule has 3 aromatic carbocycles. The van der Waals surface area contributed by atoms with Crippen molar-refractivity contribution in [2.75, 3.05) is 6.61 Å². The summed E-state index contributed by atoms with van der Waals surface area (Å²) in [7, 11) is 0. The Kier molecular flexibility index (Phi) is 6.15. The first kappa shape index (κ1) is 20.2. The van der Waals surface area contributed by atoms with Crippen LogP contribution in [0.2, 0.25) is 5.02 Å². The summed E-state index contributed by atoms with van der Waals surface area (Å²) in [5, 5.41) is 0.582. The number of aliphatic imine (C=N–C) groups is 1. The number of amidine groups is 1. The van der Waals surface area contributed by atoms with Crippen LogP contribution in [0.15, 0.2) is 77.8 Å². The maximum absolute atomic E-state index is 12.8. The van der Waals surface area contributed by atoms with E-state index in [9.17, 15) is 4.79 Å². The van der Waals surface area contributed by atoms with Crippen LogP contribution in [0, 0.1) is 0 Å². The molecule has 0 fully saturated rings. The van der Waals surface area contributed by atoms with E-state index in [2.05, 4.69) is 41.4 Å². The minimum absolute atomic E-state index is 0.344. The molecule has 30 heavy (non-hydrogen) atoms. The first-order valence-corrected chi connectivity index (χ1v) is 10.5. The number of amides is 1. The molecule has 1 aliphatic rings. The summed E-state index contributed by atoms with van der Waals surface area (Å²) >= 11 is 5.95. The van der Waals surface area contributed by atoms with Crippen molar-refractivity contribution in [2.24, 2.45) is 4.99 Å². The second kappa shape index (κ2) is 9.14. The highest BCUT2D eigenvalue weighted by atomic mass is 35.5. The first-order valence-electron chi connectivity index (χ1n) is 10.1. The van der Waals surface area contributed by atoms with E-state index in [0.29, 0.717) is 36.3 Å². The summed E-state index contributed by atoms with van der Waals surface area (Å²) in [6.45, 7) is 3.75. The molecule has 0 radical (unpaired) electrons. The van der Waals surface area contributed by atoms with Gasteiger partial charge in [-0.15, -0.1) is 0 Å². The fourth-order valence-electron chi connectivity index (χ4n) is 3.58. The van der Waals surface area contributed by atoms with E-state index in [1.165, 1.54) is 22.3 Å². The summed E-state index contributed by atoms with van der Waals surface area (Å²) in [5.41, 5.74) is 5.24. The Labute approximate surface area is 181 Å². The lowest BCUT2D eigenvalue weighted by molar-refractivity contribution is 0.0992. The summed E-state index contributed by atoms with van der Waals surface area (Å²) in [6.07, 6.45) is 0.829. The molecule has 4 rings (SSSR count). The van der Waals surface area contributed by atoms with Gasteiger partial charge in [0.15, 0.2) is 0 Å². The number of rotatable bonds is 3. The molecule has 0 spiro atoms. The molecule has 152 valence electrons. The van der Waals surface area contributed by atoms with Crippen molar-refractivity contribution in [1.82, 2.24) is 4.90 Å². The third-order valence-electron chi connectivity index (χ3n) is 5.04. The standard InChI is InChI=1S/C25H23ClN2O2/c1-2-15-30-25(27-24(29)18-11-13-21(26)14-12-18)28-16-19-7-3-5-9-22(19)23-10-6-4-8-20(23)17-28/h3-14H,2,15-17H2,1H3/b27-25-. The Morgan fingerprint density at radius 2 is 1.50 bits per heavy atom. The fraction of sp³-hybridized carbons (Fsp3) is 0.200. The van der Waals surface area contributed by atoms with E-state index < -0.39 is 0 Å². The molecule has 1 heterocycles. The number of nitrogens with zero attached hydrogens (tertiary/aromatic N) is 2. The van der Waals surface area contributed by atoms with Crippen molar-refractivity contribution < 1.29 is 9.53 Å². The molecule has 5 heteroatoms. The van der Waals surface area contributed by atoms with Crippen LogP contribution in [0.5, 0.6) is 0 Å². The molecule has 0 bridgehead atoms. The van der Waals surface area contributed by atoms with Crippen molar-refractivity contribution >= 4 is 23.5 Å². The molecule has 0 aromatic heterocycles. The van der Waals surface area contributed by atoms with Gasteiger partial charge in [0, 0.05) is 23.7 Å². The normalized spacial score (nSPS) is 13.3. The lowest BCUT2D eigenvalue weighted by Gasteiger charge is -2.24. The zero-order valence-electron chi connectivity index (χ0n) is 16.8. The Morgan fingerprint density at radius 1 is 0.933 bits per heavy atom. The maximum Gasteiger partial charge on any atom is 0.296 e. The van der Waals surface area contributed by atoms with Crippen LogP contribution >= 0.6 is 11.6 Å². The predicted octanol–water partition coefficient (Wildman–Crippen LogP) is 5.95. The van der Waals surface area contributed by atoms with E-state index in [4.69, 9.17) is 16.3 Å². The summed E-state index contributed by atoms with van der Waals surface area (Å²) in [6, 6.07) is 23.8. The molecule has 0 N–H and O–H groups in total. The minimum Gasteiger partial charge on any atom is -0.465 e. The number of halogens is 1. The Bertz CT molecular complexity index is 1030. The highest BCUT2D eigenvalue weighted by Crippen LogP contribution is 2.32. The molecule has 0 saturated heterocycles. The zero-order chi connectivity index (χ0) is 20.9. The molecule has 1 amide bonds. The highest BCUT2D eigenvalue weighted by Gasteiger charge is 2.23. The van der Waals surface area contributed by atoms with Gasteiger partial charge in [0.25, 0.3) is 11.9 Å². The van der Waals surface area contributed by atoms with Gasteiger partial charge in [-0.05, 0) is 52.9 Å². The van der Waals surface area contributed by atoms with E-state index in [1.807, 2.05) is 24.0 Å². The zero-order valence-corrected chi connectivity index (χ0v) is 17.6. The second-order valence-electron chi connectivity index (χ2n) is 7.23. The van der Waals surface area contributed by atoms with E-state index in [1.54, 1.807) is 24.3 Å². The SMILES string of the molecule is CCCO/C(=N\C(=O)c1ccc(Cl)cc1)N1Cc2ccccc2-c2ccccc2C1. The number of benzene rings is 3. The molecular formula is C25H23ClN2O2. The van der Waals surface area contributed by atoms with Gasteiger partial charge in [0.05, 0.1) is 6.61 Å². The Hall–Kier alpha value is -3.11. The third kappa shape index (κ3) is 4.39. The number of hydrogen-bond acceptors (Lipinski definition) is 2. The average Bonchev–Trinajstić information content (AvgIpc) is 2.94. The third-order valence-corrected chi connectivity index (χ3v) is 5.29. The van der Waals surface area contributed by atoms with Crippen LogP contribution in [-0.4, -0.2) is 23.4 Å². The number of carbonyl (C=O) groups is 1. The van der Waals surface area contributed by atoms with E-state index >= 15 is 0 Å². The molecule has 1 aliphatic heterocycles. The van der Waals surface area contributed by atoms with E-state index in [0.717, 1.165) is 6.42 Å². The van der Waals surface area contributed by atoms with E-state index in [-0.39, 0.29) is 5.91 Å². The van der Waals surface area contributed by atoms with Gasteiger partial charge in [-0.2, -0.15) is 4.99 Å². The van der Waals surface area contributed by atoms with Gasteiger partial charge in [0.1, 0.15) is 0 Å². The predicted molar refractivity (Wildman–Crippen MR) is 121 cm³/mol. The average molecular weight is 419 g/mol. The van der Waals surface area contributed by atoms with Crippen LogP contribution in [0.1, 0.15) is 34.8 Å². The largest absolute Gasteiger partial charge is 0.465 e.